The minimum Gasteiger partial charge on any atom is -0.379 e. The van der Waals surface area contributed by atoms with Crippen LogP contribution >= 0.6 is 0 Å². The highest BCUT2D eigenvalue weighted by atomic mass is 32.2. The van der Waals surface area contributed by atoms with Gasteiger partial charge in [0, 0.05) is 60.9 Å². The number of nitrogens with zero attached hydrogens (tertiary/aromatic N) is 3. The smallest absolute Gasteiger partial charge is 0.328 e. The molecular formula is C28H34N4O6S. The van der Waals surface area contributed by atoms with Crippen molar-refractivity contribution in [3.63, 3.8) is 0 Å². The molecule has 1 aromatic carbocycles. The van der Waals surface area contributed by atoms with E-state index < -0.39 is 20.5 Å². The van der Waals surface area contributed by atoms with Gasteiger partial charge in [0.05, 0.1) is 19.8 Å². The molecule has 5 rings (SSSR count). The van der Waals surface area contributed by atoms with Crippen molar-refractivity contribution in [1.29, 1.82) is 0 Å². The van der Waals surface area contributed by atoms with Gasteiger partial charge in [-0.2, -0.15) is 0 Å². The number of hydrogen-bond donors (Lipinski definition) is 2. The molecule has 10 nitrogen and oxygen atoms in total. The van der Waals surface area contributed by atoms with Gasteiger partial charge in [-0.3, -0.25) is 19.5 Å². The second-order valence-electron chi connectivity index (χ2n) is 11.0. The van der Waals surface area contributed by atoms with E-state index in [2.05, 4.69) is 41.0 Å². The molecule has 3 aliphatic rings. The van der Waals surface area contributed by atoms with Crippen LogP contribution in [0.1, 0.15) is 48.6 Å². The van der Waals surface area contributed by atoms with Gasteiger partial charge in [0.15, 0.2) is 14.6 Å². The van der Waals surface area contributed by atoms with E-state index in [1.165, 1.54) is 40.3 Å². The normalized spacial score (nSPS) is 20.1. The number of morpholine rings is 1. The Kier molecular flexibility index (Phi) is 7.33. The minimum atomic E-state index is -3.84. The first-order valence-electron chi connectivity index (χ1n) is 13.1. The van der Waals surface area contributed by atoms with Crippen LogP contribution in [0.25, 0.3) is 0 Å². The van der Waals surface area contributed by atoms with E-state index in [1.807, 2.05) is 6.07 Å². The summed E-state index contributed by atoms with van der Waals surface area (Å²) in [6, 6.07) is 10.0. The third-order valence-corrected chi connectivity index (χ3v) is 10.3. The molecule has 39 heavy (non-hydrogen) atoms. The van der Waals surface area contributed by atoms with Crippen LogP contribution in [0.15, 0.2) is 36.5 Å². The second-order valence-corrected chi connectivity index (χ2v) is 13.4. The predicted octanol–water partition coefficient (Wildman–Crippen LogP) is 1.73. The Morgan fingerprint density at radius 1 is 1.15 bits per heavy atom. The third kappa shape index (κ3) is 5.47. The molecule has 2 aromatic rings. The van der Waals surface area contributed by atoms with Crippen LogP contribution in [0.2, 0.25) is 0 Å². The number of hydroxylamine groups is 1. The minimum absolute atomic E-state index is 0.0396. The van der Waals surface area contributed by atoms with Crippen LogP contribution in [0, 0.1) is 11.8 Å². The number of carbonyl (C=O) groups excluding carboxylic acids is 2. The number of hydrogen-bond acceptors (Lipinski definition) is 7. The lowest BCUT2D eigenvalue weighted by atomic mass is 9.94. The zero-order valence-corrected chi connectivity index (χ0v) is 23.1. The molecule has 208 valence electrons. The zero-order valence-electron chi connectivity index (χ0n) is 22.3. The number of fused-ring (bicyclic) bond motifs is 1. The highest BCUT2D eigenvalue weighted by Gasteiger charge is 2.46. The van der Waals surface area contributed by atoms with Crippen molar-refractivity contribution in [2.75, 3.05) is 45.6 Å². The summed E-state index contributed by atoms with van der Waals surface area (Å²) in [4.78, 5) is 28.9. The summed E-state index contributed by atoms with van der Waals surface area (Å²) in [7, 11) is -3.84. The fourth-order valence-electron chi connectivity index (χ4n) is 5.33. The van der Waals surface area contributed by atoms with E-state index in [9.17, 15) is 18.0 Å². The zero-order chi connectivity index (χ0) is 27.8. The molecule has 2 fully saturated rings. The lowest BCUT2D eigenvalue weighted by Gasteiger charge is -2.30. The molecule has 0 spiro atoms. The Labute approximate surface area is 228 Å². The van der Waals surface area contributed by atoms with E-state index >= 15 is 0 Å². The molecule has 0 bridgehead atoms. The molecule has 2 aliphatic heterocycles. The lowest BCUT2D eigenvalue weighted by Crippen LogP contribution is -2.50. The maximum absolute atomic E-state index is 12.9. The van der Waals surface area contributed by atoms with Crippen molar-refractivity contribution in [2.45, 2.75) is 42.9 Å². The molecule has 0 radical (unpaired) electrons. The summed E-state index contributed by atoms with van der Waals surface area (Å²) in [5.74, 6) is 5.31. The summed E-state index contributed by atoms with van der Waals surface area (Å²) in [6.45, 7) is 6.24. The van der Waals surface area contributed by atoms with Crippen LogP contribution in [0.3, 0.4) is 0 Å². The number of benzene rings is 1. The third-order valence-electron chi connectivity index (χ3n) is 8.32. The average molecular weight is 555 g/mol. The van der Waals surface area contributed by atoms with E-state index in [0.29, 0.717) is 5.56 Å². The average Bonchev–Trinajstić information content (AvgIpc) is 3.49. The van der Waals surface area contributed by atoms with Gasteiger partial charge in [-0.1, -0.05) is 24.0 Å². The molecule has 1 saturated carbocycles. The number of carbonyl (C=O) groups is 2. The van der Waals surface area contributed by atoms with E-state index in [1.54, 1.807) is 6.20 Å². The van der Waals surface area contributed by atoms with E-state index in [-0.39, 0.29) is 31.0 Å². The van der Waals surface area contributed by atoms with Crippen molar-refractivity contribution < 1.29 is 28.0 Å². The van der Waals surface area contributed by atoms with Crippen LogP contribution in [0.5, 0.6) is 0 Å². The molecule has 11 heteroatoms. The van der Waals surface area contributed by atoms with Crippen LogP contribution in [0.4, 0.5) is 4.79 Å². The largest absolute Gasteiger partial charge is 0.379 e. The summed E-state index contributed by atoms with van der Waals surface area (Å²) >= 11 is 0. The van der Waals surface area contributed by atoms with Gasteiger partial charge in [-0.05, 0) is 49.9 Å². The Morgan fingerprint density at radius 3 is 2.41 bits per heavy atom. The monoisotopic (exact) mass is 554 g/mol. The van der Waals surface area contributed by atoms with Gasteiger partial charge < -0.3 is 9.64 Å². The first kappa shape index (κ1) is 27.4. The van der Waals surface area contributed by atoms with Gasteiger partial charge >= 0.3 is 6.03 Å². The summed E-state index contributed by atoms with van der Waals surface area (Å²) in [6.07, 6.45) is 4.88. The van der Waals surface area contributed by atoms with E-state index in [4.69, 9.17) is 9.94 Å². The molecular weight excluding hydrogens is 520 g/mol. The van der Waals surface area contributed by atoms with Crippen molar-refractivity contribution in [2.24, 2.45) is 0 Å². The first-order valence-corrected chi connectivity index (χ1v) is 15.0. The van der Waals surface area contributed by atoms with Gasteiger partial charge in [-0.15, -0.1) is 0 Å². The molecule has 0 unspecified atom stereocenters. The Bertz CT molecular complexity index is 1430. The highest BCUT2D eigenvalue weighted by Crippen LogP contribution is 2.48. The maximum atomic E-state index is 12.9. The molecule has 1 atom stereocenters. The summed E-state index contributed by atoms with van der Waals surface area (Å²) in [5, 5.41) is 9.00. The lowest BCUT2D eigenvalue weighted by molar-refractivity contribution is -0.131. The first-order chi connectivity index (χ1) is 18.5. The number of aromatic nitrogens is 1. The summed E-state index contributed by atoms with van der Waals surface area (Å²) < 4.78 is 29.5. The number of nitrogens with one attached hydrogen (secondary N) is 1. The Hall–Kier alpha value is -3.17. The molecule has 3 heterocycles. The maximum Gasteiger partial charge on any atom is 0.328 e. The Morgan fingerprint density at radius 2 is 1.82 bits per heavy atom. The number of rotatable bonds is 8. The van der Waals surface area contributed by atoms with Crippen molar-refractivity contribution in [3.8, 4) is 11.8 Å². The highest BCUT2D eigenvalue weighted by molar-refractivity contribution is 7.92. The van der Waals surface area contributed by atoms with Gasteiger partial charge in [0.1, 0.15) is 0 Å². The van der Waals surface area contributed by atoms with Gasteiger partial charge in [-0.25, -0.2) is 18.7 Å². The van der Waals surface area contributed by atoms with Crippen molar-refractivity contribution in [3.05, 3.63) is 58.9 Å². The topological polar surface area (TPSA) is 121 Å². The number of ether oxygens (including phenoxy) is 1. The second kappa shape index (κ2) is 10.4. The predicted molar refractivity (Wildman–Crippen MR) is 144 cm³/mol. The van der Waals surface area contributed by atoms with Crippen molar-refractivity contribution in [1.82, 2.24) is 19.8 Å². The molecule has 2 N–H and O–H groups in total. The molecule has 1 saturated heterocycles. The van der Waals surface area contributed by atoms with Crippen LogP contribution in [-0.4, -0.2) is 90.3 Å². The van der Waals surface area contributed by atoms with Gasteiger partial charge in [0.2, 0.25) is 0 Å². The van der Waals surface area contributed by atoms with Crippen LogP contribution < -0.4 is 5.48 Å². The molecule has 1 aliphatic carbocycles. The summed E-state index contributed by atoms with van der Waals surface area (Å²) in [5.41, 5.74) is 5.40. The van der Waals surface area contributed by atoms with Crippen molar-refractivity contribution >= 4 is 21.8 Å². The van der Waals surface area contributed by atoms with Crippen LogP contribution in [-0.2, 0) is 31.3 Å². The Balaban J connectivity index is 1.21. The number of amides is 2. The standard InChI is InChI=1S/C28H34N4O6S/c1-27(25(33)29-35,39(2,36)37)11-12-31-19-24-17-22(18-32(24)26(31)34)4-3-21-5-7-23(8-6-21)28(9-10-28)20-30-13-15-38-16-14-30/h5-8,17-18,35H,9-16,19-20H2,1-2H3,(H,29,33)/t27-/m1/s1. The SMILES string of the molecule is C[C@@](CCN1Cc2cc(C#Cc3ccc(C4(CN5CCOCC5)CC4)cc3)cn2C1=O)(C(=O)NO)S(C)(=O)=O. The quantitative estimate of drug-likeness (QED) is 0.290. The molecule has 1 aromatic heterocycles. The fourth-order valence-corrected chi connectivity index (χ4v) is 6.17. The van der Waals surface area contributed by atoms with Gasteiger partial charge in [0.25, 0.3) is 5.91 Å². The van der Waals surface area contributed by atoms with E-state index in [0.717, 1.165) is 50.4 Å². The number of sulfone groups is 1. The fraction of sp³-hybridized carbons (Fsp3) is 0.500. The molecule has 2 amide bonds.